The zero-order valence-corrected chi connectivity index (χ0v) is 10.2. The molecule has 2 unspecified atom stereocenters. The SMILES string of the molecule is O=C(NCC1CNCC1O)c1n[nH]c2c1CCC2. The van der Waals surface area contributed by atoms with E-state index >= 15 is 0 Å². The van der Waals surface area contributed by atoms with Crippen LogP contribution in [0.4, 0.5) is 0 Å². The van der Waals surface area contributed by atoms with Crippen LogP contribution < -0.4 is 10.6 Å². The Bertz CT molecular complexity index is 457. The molecule has 0 bridgehead atoms. The van der Waals surface area contributed by atoms with Crippen molar-refractivity contribution in [1.29, 1.82) is 0 Å². The summed E-state index contributed by atoms with van der Waals surface area (Å²) >= 11 is 0. The smallest absolute Gasteiger partial charge is 0.272 e. The van der Waals surface area contributed by atoms with E-state index in [1.54, 1.807) is 0 Å². The van der Waals surface area contributed by atoms with Crippen molar-refractivity contribution in [3.05, 3.63) is 17.0 Å². The van der Waals surface area contributed by atoms with Crippen molar-refractivity contribution in [2.75, 3.05) is 19.6 Å². The second kappa shape index (κ2) is 4.70. The number of aliphatic hydroxyl groups is 1. The standard InChI is InChI=1S/C12H18N4O2/c17-10-6-13-4-7(10)5-14-12(18)11-8-2-1-3-9(8)15-16-11/h7,10,13,17H,1-6H2,(H,14,18)(H,15,16). The first-order valence-electron chi connectivity index (χ1n) is 6.49. The molecule has 1 aromatic rings. The molecule has 98 valence electrons. The summed E-state index contributed by atoms with van der Waals surface area (Å²) in [5.74, 6) is -0.0329. The average Bonchev–Trinajstić information content (AvgIpc) is 3.01. The number of amides is 1. The maximum Gasteiger partial charge on any atom is 0.272 e. The van der Waals surface area contributed by atoms with Gasteiger partial charge < -0.3 is 15.7 Å². The minimum atomic E-state index is -0.366. The quantitative estimate of drug-likeness (QED) is 0.566. The molecule has 1 saturated heterocycles. The summed E-state index contributed by atoms with van der Waals surface area (Å²) in [4.78, 5) is 12.0. The molecule has 2 atom stereocenters. The number of H-pyrrole nitrogens is 1. The van der Waals surface area contributed by atoms with Gasteiger partial charge in [-0.3, -0.25) is 9.89 Å². The van der Waals surface area contributed by atoms with Gasteiger partial charge in [-0.05, 0) is 19.3 Å². The van der Waals surface area contributed by atoms with Crippen LogP contribution in [0.25, 0.3) is 0 Å². The molecule has 1 fully saturated rings. The number of nitrogens with zero attached hydrogens (tertiary/aromatic N) is 1. The molecule has 0 radical (unpaired) electrons. The summed E-state index contributed by atoms with van der Waals surface area (Å²) in [6, 6.07) is 0. The van der Waals surface area contributed by atoms with Gasteiger partial charge in [0.2, 0.25) is 0 Å². The van der Waals surface area contributed by atoms with Crippen molar-refractivity contribution in [2.24, 2.45) is 5.92 Å². The lowest BCUT2D eigenvalue weighted by Crippen LogP contribution is -2.34. The Hall–Kier alpha value is -1.40. The van der Waals surface area contributed by atoms with E-state index in [-0.39, 0.29) is 17.9 Å². The molecule has 4 N–H and O–H groups in total. The molecule has 0 spiro atoms. The number of β-amino-alcohol motifs (C(OH)–C–C–N with tert-alkyl or cyclic N) is 1. The lowest BCUT2D eigenvalue weighted by atomic mass is 10.1. The van der Waals surface area contributed by atoms with Crippen LogP contribution >= 0.6 is 0 Å². The van der Waals surface area contributed by atoms with Gasteiger partial charge in [-0.1, -0.05) is 0 Å². The number of hydrogen-bond acceptors (Lipinski definition) is 4. The maximum absolute atomic E-state index is 12.0. The number of nitrogens with one attached hydrogen (secondary N) is 3. The highest BCUT2D eigenvalue weighted by molar-refractivity contribution is 5.94. The zero-order chi connectivity index (χ0) is 12.5. The van der Waals surface area contributed by atoms with Crippen LogP contribution in [0.5, 0.6) is 0 Å². The molecule has 1 amide bonds. The number of fused-ring (bicyclic) bond motifs is 1. The van der Waals surface area contributed by atoms with Gasteiger partial charge in [0.05, 0.1) is 6.10 Å². The molecule has 2 heterocycles. The first-order valence-corrected chi connectivity index (χ1v) is 6.49. The van der Waals surface area contributed by atoms with E-state index in [0.717, 1.165) is 37.1 Å². The van der Waals surface area contributed by atoms with Gasteiger partial charge in [0.15, 0.2) is 5.69 Å². The Morgan fingerprint density at radius 2 is 2.33 bits per heavy atom. The fraction of sp³-hybridized carbons (Fsp3) is 0.667. The van der Waals surface area contributed by atoms with Crippen molar-refractivity contribution < 1.29 is 9.90 Å². The second-order valence-electron chi connectivity index (χ2n) is 5.08. The Kier molecular flexibility index (Phi) is 3.05. The number of aliphatic hydroxyl groups excluding tert-OH is 1. The normalized spacial score (nSPS) is 26.3. The van der Waals surface area contributed by atoms with E-state index in [4.69, 9.17) is 0 Å². The van der Waals surface area contributed by atoms with E-state index in [2.05, 4.69) is 20.8 Å². The number of aromatic amines is 1. The monoisotopic (exact) mass is 250 g/mol. The maximum atomic E-state index is 12.0. The van der Waals surface area contributed by atoms with Gasteiger partial charge in [-0.2, -0.15) is 5.10 Å². The fourth-order valence-corrected chi connectivity index (χ4v) is 2.74. The van der Waals surface area contributed by atoms with E-state index in [9.17, 15) is 9.90 Å². The van der Waals surface area contributed by atoms with E-state index in [1.807, 2.05) is 0 Å². The summed E-state index contributed by atoms with van der Waals surface area (Å²) < 4.78 is 0. The Balaban J connectivity index is 1.61. The number of carbonyl (C=O) groups excluding carboxylic acids is 1. The third-order valence-corrected chi connectivity index (χ3v) is 3.85. The van der Waals surface area contributed by atoms with Crippen molar-refractivity contribution in [2.45, 2.75) is 25.4 Å². The van der Waals surface area contributed by atoms with Gasteiger partial charge >= 0.3 is 0 Å². The lowest BCUT2D eigenvalue weighted by molar-refractivity contribution is 0.0921. The summed E-state index contributed by atoms with van der Waals surface area (Å²) in [6.45, 7) is 1.85. The van der Waals surface area contributed by atoms with Crippen molar-refractivity contribution in [3.8, 4) is 0 Å². The zero-order valence-electron chi connectivity index (χ0n) is 10.2. The fourth-order valence-electron chi connectivity index (χ4n) is 2.74. The van der Waals surface area contributed by atoms with Crippen LogP contribution in [0.15, 0.2) is 0 Å². The molecule has 1 aliphatic heterocycles. The lowest BCUT2D eigenvalue weighted by Gasteiger charge is -2.13. The summed E-state index contributed by atoms with van der Waals surface area (Å²) in [6.07, 6.45) is 2.65. The molecule has 2 aliphatic rings. The van der Waals surface area contributed by atoms with Crippen molar-refractivity contribution in [1.82, 2.24) is 20.8 Å². The van der Waals surface area contributed by atoms with Crippen LogP contribution in [0.2, 0.25) is 0 Å². The Morgan fingerprint density at radius 1 is 1.44 bits per heavy atom. The van der Waals surface area contributed by atoms with Crippen LogP contribution in [0, 0.1) is 5.92 Å². The highest BCUT2D eigenvalue weighted by atomic mass is 16.3. The number of carbonyl (C=O) groups is 1. The first kappa shape index (κ1) is 11.7. The van der Waals surface area contributed by atoms with Gasteiger partial charge in [0.25, 0.3) is 5.91 Å². The molecule has 18 heavy (non-hydrogen) atoms. The largest absolute Gasteiger partial charge is 0.391 e. The topological polar surface area (TPSA) is 90.0 Å². The number of rotatable bonds is 3. The molecule has 1 aromatic heterocycles. The molecule has 6 nitrogen and oxygen atoms in total. The van der Waals surface area contributed by atoms with Crippen molar-refractivity contribution >= 4 is 5.91 Å². The van der Waals surface area contributed by atoms with Crippen LogP contribution in [0.1, 0.15) is 28.2 Å². The molecule has 0 aromatic carbocycles. The summed E-state index contributed by atoms with van der Waals surface area (Å²) in [5.41, 5.74) is 2.70. The first-order chi connectivity index (χ1) is 8.75. The van der Waals surface area contributed by atoms with Gasteiger partial charge in [-0.15, -0.1) is 0 Å². The van der Waals surface area contributed by atoms with Gasteiger partial charge in [-0.25, -0.2) is 0 Å². The molecular weight excluding hydrogens is 232 g/mol. The Morgan fingerprint density at radius 3 is 3.11 bits per heavy atom. The number of hydrogen-bond donors (Lipinski definition) is 4. The minimum absolute atomic E-state index is 0.0981. The molecule has 6 heteroatoms. The van der Waals surface area contributed by atoms with Crippen molar-refractivity contribution in [3.63, 3.8) is 0 Å². The van der Waals surface area contributed by atoms with Crippen LogP contribution in [-0.4, -0.2) is 46.9 Å². The van der Waals surface area contributed by atoms with E-state index < -0.39 is 0 Å². The third kappa shape index (κ3) is 2.02. The highest BCUT2D eigenvalue weighted by Crippen LogP contribution is 2.22. The average molecular weight is 250 g/mol. The molecule has 0 saturated carbocycles. The predicted octanol–water partition coefficient (Wildman–Crippen LogP) is -0.791. The van der Waals surface area contributed by atoms with E-state index in [1.165, 1.54) is 0 Å². The minimum Gasteiger partial charge on any atom is -0.391 e. The molecule has 1 aliphatic carbocycles. The Labute approximate surface area is 105 Å². The third-order valence-electron chi connectivity index (χ3n) is 3.85. The van der Waals surface area contributed by atoms with Crippen LogP contribution in [-0.2, 0) is 12.8 Å². The molecule has 3 rings (SSSR count). The number of aromatic nitrogens is 2. The summed E-state index contributed by atoms with van der Waals surface area (Å²) in [7, 11) is 0. The summed E-state index contributed by atoms with van der Waals surface area (Å²) in [5, 5.41) is 22.6. The van der Waals surface area contributed by atoms with Gasteiger partial charge in [0.1, 0.15) is 0 Å². The second-order valence-corrected chi connectivity index (χ2v) is 5.08. The van der Waals surface area contributed by atoms with Gasteiger partial charge in [0, 0.05) is 36.8 Å². The van der Waals surface area contributed by atoms with Crippen LogP contribution in [0.3, 0.4) is 0 Å². The predicted molar refractivity (Wildman–Crippen MR) is 65.3 cm³/mol. The molecular formula is C12H18N4O2. The highest BCUT2D eigenvalue weighted by Gasteiger charge is 2.27. The number of aryl methyl sites for hydroxylation is 1. The van der Waals surface area contributed by atoms with E-state index in [0.29, 0.717) is 18.8 Å².